The lowest BCUT2D eigenvalue weighted by atomic mass is 10.1. The molecule has 4 aromatic rings. The number of hydrogen-bond donors (Lipinski definition) is 1. The molecule has 0 aliphatic rings. The molecule has 0 bridgehead atoms. The quantitative estimate of drug-likeness (QED) is 0.325. The van der Waals surface area contributed by atoms with Gasteiger partial charge in [-0.3, -0.25) is 4.79 Å². The number of fused-ring (bicyclic) bond motifs is 1. The number of aromatic nitrogens is 1. The van der Waals surface area contributed by atoms with Crippen LogP contribution in [0.2, 0.25) is 10.0 Å². The summed E-state index contributed by atoms with van der Waals surface area (Å²) in [4.78, 5) is 17.2. The van der Waals surface area contributed by atoms with Crippen molar-refractivity contribution in [1.29, 1.82) is 0 Å². The molecule has 29 heavy (non-hydrogen) atoms. The number of amides is 1. The first-order valence-electron chi connectivity index (χ1n) is 8.76. The maximum Gasteiger partial charge on any atom is 0.257 e. The van der Waals surface area contributed by atoms with Gasteiger partial charge in [0.15, 0.2) is 5.58 Å². The van der Waals surface area contributed by atoms with Crippen LogP contribution in [-0.2, 0) is 0 Å². The first-order valence-corrected chi connectivity index (χ1v) is 10.3. The highest BCUT2D eigenvalue weighted by molar-refractivity contribution is 9.10. The molecule has 1 heterocycles. The second-order valence-corrected chi connectivity index (χ2v) is 8.45. The molecule has 146 valence electrons. The SMILES string of the molecule is Cc1cc(C)c2oc(-c3cc(NC(=O)c4cc(Br)ccc4Cl)ccc3Cl)nc2c1. The Balaban J connectivity index is 1.70. The predicted molar refractivity (Wildman–Crippen MR) is 121 cm³/mol. The van der Waals surface area contributed by atoms with Gasteiger partial charge in [-0.05, 0) is 67.4 Å². The number of carbonyl (C=O) groups is 1. The van der Waals surface area contributed by atoms with E-state index in [2.05, 4.69) is 26.2 Å². The largest absolute Gasteiger partial charge is 0.436 e. The van der Waals surface area contributed by atoms with Crippen LogP contribution < -0.4 is 5.32 Å². The van der Waals surface area contributed by atoms with E-state index in [1.165, 1.54) is 0 Å². The summed E-state index contributed by atoms with van der Waals surface area (Å²) in [5.74, 6) is 0.0730. The number of hydrogen-bond acceptors (Lipinski definition) is 3. The smallest absolute Gasteiger partial charge is 0.257 e. The van der Waals surface area contributed by atoms with Crippen molar-refractivity contribution in [2.24, 2.45) is 0 Å². The minimum atomic E-state index is -0.325. The van der Waals surface area contributed by atoms with Gasteiger partial charge < -0.3 is 9.73 Å². The van der Waals surface area contributed by atoms with Gasteiger partial charge in [0.25, 0.3) is 5.91 Å². The summed E-state index contributed by atoms with van der Waals surface area (Å²) in [6, 6.07) is 14.3. The molecular formula is C22H15BrCl2N2O2. The van der Waals surface area contributed by atoms with E-state index in [-0.39, 0.29) is 5.91 Å². The van der Waals surface area contributed by atoms with Crippen LogP contribution in [0.3, 0.4) is 0 Å². The fraction of sp³-hybridized carbons (Fsp3) is 0.0909. The highest BCUT2D eigenvalue weighted by atomic mass is 79.9. The van der Waals surface area contributed by atoms with Crippen molar-refractivity contribution in [2.75, 3.05) is 5.32 Å². The summed E-state index contributed by atoms with van der Waals surface area (Å²) in [7, 11) is 0. The Kier molecular flexibility index (Phi) is 5.38. The Hall–Kier alpha value is -2.34. The maximum absolute atomic E-state index is 12.7. The van der Waals surface area contributed by atoms with Gasteiger partial charge in [-0.2, -0.15) is 0 Å². The fourth-order valence-corrected chi connectivity index (χ4v) is 3.89. The van der Waals surface area contributed by atoms with E-state index in [1.807, 2.05) is 26.0 Å². The Morgan fingerprint density at radius 2 is 1.79 bits per heavy atom. The molecule has 3 aromatic carbocycles. The van der Waals surface area contributed by atoms with E-state index in [9.17, 15) is 4.79 Å². The lowest BCUT2D eigenvalue weighted by Crippen LogP contribution is -2.12. The average molecular weight is 490 g/mol. The van der Waals surface area contributed by atoms with E-state index in [1.54, 1.807) is 36.4 Å². The normalized spacial score (nSPS) is 11.1. The van der Waals surface area contributed by atoms with Crippen LogP contribution in [0.25, 0.3) is 22.6 Å². The maximum atomic E-state index is 12.7. The number of anilines is 1. The Bertz CT molecular complexity index is 1270. The van der Waals surface area contributed by atoms with Crippen molar-refractivity contribution in [3.8, 4) is 11.5 Å². The van der Waals surface area contributed by atoms with Crippen molar-refractivity contribution < 1.29 is 9.21 Å². The predicted octanol–water partition coefficient (Wildman–Crippen LogP) is 7.43. The van der Waals surface area contributed by atoms with Crippen LogP contribution in [0, 0.1) is 13.8 Å². The molecule has 0 fully saturated rings. The minimum absolute atomic E-state index is 0.325. The molecule has 1 N–H and O–H groups in total. The molecule has 0 saturated heterocycles. The molecule has 1 amide bonds. The number of nitrogens with zero attached hydrogens (tertiary/aromatic N) is 1. The summed E-state index contributed by atoms with van der Waals surface area (Å²) in [5.41, 5.74) is 5.11. The Morgan fingerprint density at radius 3 is 2.59 bits per heavy atom. The third-order valence-corrected chi connectivity index (χ3v) is 5.60. The number of oxazole rings is 1. The molecule has 0 saturated carbocycles. The number of halogens is 3. The minimum Gasteiger partial charge on any atom is -0.436 e. The van der Waals surface area contributed by atoms with Crippen molar-refractivity contribution in [3.05, 3.63) is 79.7 Å². The van der Waals surface area contributed by atoms with Gasteiger partial charge in [0.2, 0.25) is 5.89 Å². The monoisotopic (exact) mass is 488 g/mol. The van der Waals surface area contributed by atoms with Gasteiger partial charge in [0, 0.05) is 10.2 Å². The van der Waals surface area contributed by atoms with Crippen molar-refractivity contribution in [2.45, 2.75) is 13.8 Å². The Morgan fingerprint density at radius 1 is 1.03 bits per heavy atom. The summed E-state index contributed by atoms with van der Waals surface area (Å²) in [5, 5.41) is 3.69. The summed E-state index contributed by atoms with van der Waals surface area (Å²) in [6.45, 7) is 3.99. The van der Waals surface area contributed by atoms with Crippen molar-refractivity contribution in [1.82, 2.24) is 4.98 Å². The average Bonchev–Trinajstić information content (AvgIpc) is 3.09. The lowest BCUT2D eigenvalue weighted by molar-refractivity contribution is 0.102. The molecule has 0 atom stereocenters. The molecule has 0 radical (unpaired) electrons. The summed E-state index contributed by atoms with van der Waals surface area (Å²) < 4.78 is 6.73. The molecule has 0 unspecified atom stereocenters. The molecule has 1 aromatic heterocycles. The van der Waals surface area contributed by atoms with E-state index >= 15 is 0 Å². The third kappa shape index (κ3) is 4.04. The topological polar surface area (TPSA) is 55.1 Å². The summed E-state index contributed by atoms with van der Waals surface area (Å²) in [6.07, 6.45) is 0. The van der Waals surface area contributed by atoms with Crippen LogP contribution in [0.4, 0.5) is 5.69 Å². The van der Waals surface area contributed by atoms with Gasteiger partial charge in [-0.15, -0.1) is 0 Å². The van der Waals surface area contributed by atoms with Crippen LogP contribution in [0.5, 0.6) is 0 Å². The fourth-order valence-electron chi connectivity index (χ4n) is 3.13. The molecule has 4 rings (SSSR count). The molecule has 0 aliphatic carbocycles. The molecule has 4 nitrogen and oxygen atoms in total. The number of benzene rings is 3. The number of aryl methyl sites for hydroxylation is 2. The second-order valence-electron chi connectivity index (χ2n) is 6.72. The number of carbonyl (C=O) groups excluding carboxylic acids is 1. The van der Waals surface area contributed by atoms with Crippen molar-refractivity contribution in [3.63, 3.8) is 0 Å². The van der Waals surface area contributed by atoms with Gasteiger partial charge in [-0.25, -0.2) is 4.98 Å². The highest BCUT2D eigenvalue weighted by Crippen LogP contribution is 2.34. The van der Waals surface area contributed by atoms with E-state index in [4.69, 9.17) is 27.6 Å². The standard InChI is InChI=1S/C22H15BrCl2N2O2/c1-11-7-12(2)20-19(8-11)27-22(29-20)16-10-14(4-6-18(16)25)26-21(28)15-9-13(23)3-5-17(15)24/h3-10H,1-2H3,(H,26,28). The van der Waals surface area contributed by atoms with Gasteiger partial charge >= 0.3 is 0 Å². The number of rotatable bonds is 3. The first kappa shape index (κ1) is 20.0. The van der Waals surface area contributed by atoms with E-state index < -0.39 is 0 Å². The molecule has 0 spiro atoms. The van der Waals surface area contributed by atoms with Crippen LogP contribution >= 0.6 is 39.1 Å². The lowest BCUT2D eigenvalue weighted by Gasteiger charge is -2.09. The zero-order valence-electron chi connectivity index (χ0n) is 15.5. The first-order chi connectivity index (χ1) is 13.8. The van der Waals surface area contributed by atoms with Gasteiger partial charge in [-0.1, -0.05) is 45.2 Å². The highest BCUT2D eigenvalue weighted by Gasteiger charge is 2.16. The zero-order valence-corrected chi connectivity index (χ0v) is 18.6. The third-order valence-electron chi connectivity index (χ3n) is 4.45. The number of nitrogens with one attached hydrogen (secondary N) is 1. The van der Waals surface area contributed by atoms with Gasteiger partial charge in [0.05, 0.1) is 21.2 Å². The molecule has 7 heteroatoms. The zero-order chi connectivity index (χ0) is 20.7. The second kappa shape index (κ2) is 7.82. The van der Waals surface area contributed by atoms with Crippen LogP contribution in [0.15, 0.2) is 57.4 Å². The van der Waals surface area contributed by atoms with Gasteiger partial charge in [0.1, 0.15) is 5.52 Å². The van der Waals surface area contributed by atoms with Crippen LogP contribution in [0.1, 0.15) is 21.5 Å². The molecule has 0 aliphatic heterocycles. The van der Waals surface area contributed by atoms with E-state index in [0.717, 1.165) is 26.7 Å². The Labute approximate surface area is 186 Å². The van der Waals surface area contributed by atoms with Crippen LogP contribution in [-0.4, -0.2) is 10.9 Å². The summed E-state index contributed by atoms with van der Waals surface area (Å²) >= 11 is 15.9. The van der Waals surface area contributed by atoms with E-state index in [0.29, 0.717) is 32.8 Å². The molecular weight excluding hydrogens is 475 g/mol. The van der Waals surface area contributed by atoms with Crippen molar-refractivity contribution >= 4 is 61.8 Å².